The van der Waals surface area contributed by atoms with Crippen LogP contribution in [0.1, 0.15) is 12.6 Å². The van der Waals surface area contributed by atoms with Crippen LogP contribution >= 0.6 is 15.9 Å². The van der Waals surface area contributed by atoms with Gasteiger partial charge in [-0.15, -0.1) is 0 Å². The van der Waals surface area contributed by atoms with E-state index in [1.165, 1.54) is 16.8 Å². The maximum atomic E-state index is 14.3. The van der Waals surface area contributed by atoms with Gasteiger partial charge in [-0.05, 0) is 31.7 Å². The van der Waals surface area contributed by atoms with E-state index in [0.29, 0.717) is 21.7 Å². The van der Waals surface area contributed by atoms with Crippen LogP contribution in [0.15, 0.2) is 39.7 Å². The van der Waals surface area contributed by atoms with Gasteiger partial charge in [0.05, 0.1) is 11.4 Å². The van der Waals surface area contributed by atoms with Gasteiger partial charge in [0.2, 0.25) is 5.95 Å². The summed E-state index contributed by atoms with van der Waals surface area (Å²) in [5, 5.41) is 2.98. The summed E-state index contributed by atoms with van der Waals surface area (Å²) in [5.74, 6) is 0.201. The number of piperazine rings is 1. The zero-order valence-corrected chi connectivity index (χ0v) is 17.9. The van der Waals surface area contributed by atoms with E-state index in [1.807, 2.05) is 6.92 Å². The molecule has 0 radical (unpaired) electrons. The lowest BCUT2D eigenvalue weighted by atomic mass is 10.2. The summed E-state index contributed by atoms with van der Waals surface area (Å²) in [5.41, 5.74) is 1.85. The number of benzene rings is 1. The molecule has 0 bridgehead atoms. The molecule has 3 aromatic rings. The second-order valence-corrected chi connectivity index (χ2v) is 7.95. The van der Waals surface area contributed by atoms with Crippen molar-refractivity contribution in [1.29, 1.82) is 0 Å². The van der Waals surface area contributed by atoms with Gasteiger partial charge in [-0.3, -0.25) is 9.89 Å². The zero-order chi connectivity index (χ0) is 20.5. The van der Waals surface area contributed by atoms with Crippen LogP contribution in [0.5, 0.6) is 0 Å². The van der Waals surface area contributed by atoms with E-state index >= 15 is 0 Å². The predicted octanol–water partition coefficient (Wildman–Crippen LogP) is 2.97. The highest BCUT2D eigenvalue weighted by Crippen LogP contribution is 2.23. The Bertz CT molecular complexity index is 1090. The minimum absolute atomic E-state index is 0.161. The third-order valence-corrected chi connectivity index (χ3v) is 5.72. The third kappa shape index (κ3) is 3.97. The molecule has 3 heterocycles. The smallest absolute Gasteiger partial charge is 0.271 e. The number of nitrogens with one attached hydrogen (secondary N) is 1. The highest BCUT2D eigenvalue weighted by atomic mass is 79.9. The molecule has 1 aliphatic heterocycles. The third-order valence-electron chi connectivity index (χ3n) is 5.23. The van der Waals surface area contributed by atoms with E-state index in [2.05, 4.69) is 47.7 Å². The van der Waals surface area contributed by atoms with Gasteiger partial charge in [0.15, 0.2) is 0 Å². The molecule has 0 saturated carbocycles. The van der Waals surface area contributed by atoms with Crippen molar-refractivity contribution in [3.63, 3.8) is 0 Å². The number of anilines is 1. The first-order valence-electron chi connectivity index (χ1n) is 9.55. The second-order valence-electron chi connectivity index (χ2n) is 7.03. The number of H-pyrrole nitrogens is 1. The molecule has 29 heavy (non-hydrogen) atoms. The van der Waals surface area contributed by atoms with Gasteiger partial charge >= 0.3 is 0 Å². The molecule has 0 aliphatic carbocycles. The second kappa shape index (κ2) is 8.08. The summed E-state index contributed by atoms with van der Waals surface area (Å²) in [7, 11) is 0. The molecule has 1 aliphatic rings. The Morgan fingerprint density at radius 3 is 2.62 bits per heavy atom. The minimum atomic E-state index is -0.496. The standard InChI is InChI=1S/C20H22BrFN6O/c1-3-26-6-8-27(9-7-26)20-23-12-15(13(2)24-20)17-11-19(29)28(25-17)18-5-4-14(21)10-16(18)22/h4-5,10-12,25H,3,6-9H2,1-2H3. The molecule has 2 aromatic heterocycles. The van der Waals surface area contributed by atoms with E-state index in [-0.39, 0.29) is 11.2 Å². The zero-order valence-electron chi connectivity index (χ0n) is 16.3. The first-order valence-corrected chi connectivity index (χ1v) is 10.3. The number of hydrogen-bond donors (Lipinski definition) is 1. The van der Waals surface area contributed by atoms with Crippen molar-refractivity contribution in [2.75, 3.05) is 37.6 Å². The number of nitrogens with zero attached hydrogens (tertiary/aromatic N) is 5. The van der Waals surface area contributed by atoms with Gasteiger partial charge in [-0.2, -0.15) is 0 Å². The number of halogens is 2. The number of likely N-dealkylation sites (N-methyl/N-ethyl adjacent to an activating group) is 1. The molecule has 1 aromatic carbocycles. The van der Waals surface area contributed by atoms with Crippen LogP contribution in [0.2, 0.25) is 0 Å². The first kappa shape index (κ1) is 19.8. The fourth-order valence-corrected chi connectivity index (χ4v) is 3.84. The Kier molecular flexibility index (Phi) is 5.51. The van der Waals surface area contributed by atoms with E-state index < -0.39 is 5.82 Å². The Balaban J connectivity index is 1.62. The maximum absolute atomic E-state index is 14.3. The summed E-state index contributed by atoms with van der Waals surface area (Å²) >= 11 is 3.22. The fourth-order valence-electron chi connectivity index (χ4n) is 3.51. The quantitative estimate of drug-likeness (QED) is 0.647. The van der Waals surface area contributed by atoms with Gasteiger partial charge in [-0.1, -0.05) is 22.9 Å². The molecule has 1 saturated heterocycles. The molecule has 9 heteroatoms. The van der Waals surface area contributed by atoms with Crippen molar-refractivity contribution in [3.8, 4) is 16.9 Å². The molecule has 7 nitrogen and oxygen atoms in total. The molecule has 4 rings (SSSR count). The monoisotopic (exact) mass is 460 g/mol. The predicted molar refractivity (Wildman–Crippen MR) is 114 cm³/mol. The summed E-state index contributed by atoms with van der Waals surface area (Å²) < 4.78 is 16.1. The molecule has 1 N–H and O–H groups in total. The molecular weight excluding hydrogens is 439 g/mol. The largest absolute Gasteiger partial charge is 0.338 e. The van der Waals surface area contributed by atoms with Crippen molar-refractivity contribution >= 4 is 21.9 Å². The molecule has 0 spiro atoms. The van der Waals surface area contributed by atoms with Gasteiger partial charge < -0.3 is 9.80 Å². The highest BCUT2D eigenvalue weighted by molar-refractivity contribution is 9.10. The number of rotatable bonds is 4. The normalized spacial score (nSPS) is 15.1. The average molecular weight is 461 g/mol. The molecular formula is C20H22BrFN6O. The number of aryl methyl sites for hydroxylation is 1. The number of aromatic amines is 1. The minimum Gasteiger partial charge on any atom is -0.338 e. The van der Waals surface area contributed by atoms with E-state index in [0.717, 1.165) is 38.4 Å². The molecule has 0 amide bonds. The van der Waals surface area contributed by atoms with Gasteiger partial charge in [0, 0.05) is 48.5 Å². The Morgan fingerprint density at radius 2 is 1.97 bits per heavy atom. The molecule has 0 unspecified atom stereocenters. The van der Waals surface area contributed by atoms with E-state index in [4.69, 9.17) is 0 Å². The maximum Gasteiger partial charge on any atom is 0.271 e. The van der Waals surface area contributed by atoms with Crippen LogP contribution in [-0.4, -0.2) is 57.4 Å². The lowest BCUT2D eigenvalue weighted by Crippen LogP contribution is -2.46. The van der Waals surface area contributed by atoms with Crippen LogP contribution in [0.4, 0.5) is 10.3 Å². The topological polar surface area (TPSA) is 70.0 Å². The van der Waals surface area contributed by atoms with Gasteiger partial charge in [0.25, 0.3) is 5.56 Å². The van der Waals surface area contributed by atoms with Crippen molar-refractivity contribution in [1.82, 2.24) is 24.6 Å². The van der Waals surface area contributed by atoms with Crippen LogP contribution in [-0.2, 0) is 0 Å². The Morgan fingerprint density at radius 1 is 1.21 bits per heavy atom. The van der Waals surface area contributed by atoms with Crippen LogP contribution in [0.3, 0.4) is 0 Å². The Labute approximate surface area is 176 Å². The highest BCUT2D eigenvalue weighted by Gasteiger charge is 2.19. The lowest BCUT2D eigenvalue weighted by molar-refractivity contribution is 0.270. The van der Waals surface area contributed by atoms with Crippen LogP contribution in [0, 0.1) is 12.7 Å². The Hall–Kier alpha value is -2.52. The molecule has 152 valence electrons. The van der Waals surface area contributed by atoms with Crippen LogP contribution < -0.4 is 10.5 Å². The summed E-state index contributed by atoms with van der Waals surface area (Å²) in [6, 6.07) is 5.99. The average Bonchev–Trinajstić information content (AvgIpc) is 3.09. The van der Waals surface area contributed by atoms with Gasteiger partial charge in [0.1, 0.15) is 11.5 Å². The SMILES string of the molecule is CCN1CCN(c2ncc(-c3cc(=O)n(-c4ccc(Br)cc4F)[nH]3)c(C)n2)CC1. The summed E-state index contributed by atoms with van der Waals surface area (Å²) in [6.45, 7) is 8.88. The van der Waals surface area contributed by atoms with Crippen LogP contribution in [0.25, 0.3) is 16.9 Å². The molecule has 1 fully saturated rings. The molecule has 0 atom stereocenters. The number of hydrogen-bond acceptors (Lipinski definition) is 5. The summed E-state index contributed by atoms with van der Waals surface area (Å²) in [6.07, 6.45) is 1.72. The van der Waals surface area contributed by atoms with Crippen molar-refractivity contribution in [2.45, 2.75) is 13.8 Å². The van der Waals surface area contributed by atoms with Crippen molar-refractivity contribution in [3.05, 3.63) is 56.8 Å². The summed E-state index contributed by atoms with van der Waals surface area (Å²) in [4.78, 5) is 26.2. The lowest BCUT2D eigenvalue weighted by Gasteiger charge is -2.34. The van der Waals surface area contributed by atoms with Crippen molar-refractivity contribution < 1.29 is 4.39 Å². The van der Waals surface area contributed by atoms with E-state index in [1.54, 1.807) is 18.3 Å². The number of aromatic nitrogens is 4. The first-order chi connectivity index (χ1) is 14.0. The van der Waals surface area contributed by atoms with Crippen molar-refractivity contribution in [2.24, 2.45) is 0 Å². The fraction of sp³-hybridized carbons (Fsp3) is 0.350. The van der Waals surface area contributed by atoms with E-state index in [9.17, 15) is 9.18 Å². The van der Waals surface area contributed by atoms with Gasteiger partial charge in [-0.25, -0.2) is 19.0 Å².